The molecule has 1 aromatic carbocycles. The highest BCUT2D eigenvalue weighted by atomic mass is 32.1. The van der Waals surface area contributed by atoms with Gasteiger partial charge in [-0.15, -0.1) is 11.3 Å². The minimum absolute atomic E-state index is 0.378. The molecule has 0 bridgehead atoms. The first-order valence-electron chi connectivity index (χ1n) is 8.39. The molecule has 8 nitrogen and oxygen atoms in total. The Balaban J connectivity index is 1.63. The molecule has 0 atom stereocenters. The Labute approximate surface area is 159 Å². The molecule has 27 heavy (non-hydrogen) atoms. The van der Waals surface area contributed by atoms with Gasteiger partial charge in [0.25, 0.3) is 5.89 Å². The molecule has 0 aliphatic carbocycles. The van der Waals surface area contributed by atoms with Gasteiger partial charge in [0, 0.05) is 4.88 Å². The molecule has 0 fully saturated rings. The van der Waals surface area contributed by atoms with Crippen LogP contribution < -0.4 is 15.4 Å². The summed E-state index contributed by atoms with van der Waals surface area (Å²) in [6.45, 7) is 2.89. The summed E-state index contributed by atoms with van der Waals surface area (Å²) in [6, 6.07) is 6.84. The third kappa shape index (κ3) is 3.51. The maximum atomic E-state index is 12.6. The number of aryl methyl sites for hydroxylation is 1. The van der Waals surface area contributed by atoms with Crippen LogP contribution in [0.3, 0.4) is 0 Å². The Bertz CT molecular complexity index is 982. The first kappa shape index (κ1) is 17.5. The predicted octanol–water partition coefficient (Wildman–Crippen LogP) is 3.83. The van der Waals surface area contributed by atoms with Gasteiger partial charge in [0.2, 0.25) is 0 Å². The van der Waals surface area contributed by atoms with Crippen LogP contribution in [0.15, 0.2) is 28.8 Å². The van der Waals surface area contributed by atoms with Crippen molar-refractivity contribution in [2.75, 3.05) is 24.4 Å². The number of nitrogens with one attached hydrogen (secondary N) is 2. The van der Waals surface area contributed by atoms with Gasteiger partial charge in [0.05, 0.1) is 31.6 Å². The van der Waals surface area contributed by atoms with E-state index in [0.717, 1.165) is 22.4 Å². The van der Waals surface area contributed by atoms with Gasteiger partial charge in [-0.3, -0.25) is 5.32 Å². The van der Waals surface area contributed by atoms with Gasteiger partial charge in [-0.25, -0.2) is 4.79 Å². The Morgan fingerprint density at radius 3 is 2.93 bits per heavy atom. The van der Waals surface area contributed by atoms with Crippen molar-refractivity contribution in [1.82, 2.24) is 10.1 Å². The number of urea groups is 1. The molecule has 0 saturated carbocycles. The van der Waals surface area contributed by atoms with Crippen LogP contribution in [0.4, 0.5) is 15.5 Å². The fourth-order valence-corrected chi connectivity index (χ4v) is 4.12. The fraction of sp³-hybridized carbons (Fsp3) is 0.278. The van der Waals surface area contributed by atoms with Crippen LogP contribution in [-0.4, -0.2) is 29.9 Å². The molecule has 0 saturated heterocycles. The van der Waals surface area contributed by atoms with Crippen molar-refractivity contribution >= 4 is 28.1 Å². The monoisotopic (exact) mass is 386 g/mol. The number of carbonyl (C=O) groups excluding carboxylic acids is 1. The lowest BCUT2D eigenvalue weighted by Gasteiger charge is -2.12. The van der Waals surface area contributed by atoms with E-state index in [-0.39, 0.29) is 6.03 Å². The van der Waals surface area contributed by atoms with Crippen molar-refractivity contribution in [2.45, 2.75) is 20.0 Å². The van der Waals surface area contributed by atoms with Crippen molar-refractivity contribution in [3.63, 3.8) is 0 Å². The third-order valence-corrected chi connectivity index (χ3v) is 5.26. The minimum atomic E-state index is -0.378. The number of methoxy groups -OCH3 is 1. The van der Waals surface area contributed by atoms with Gasteiger partial charge in [-0.2, -0.15) is 4.98 Å². The first-order valence-corrected chi connectivity index (χ1v) is 9.21. The summed E-state index contributed by atoms with van der Waals surface area (Å²) < 4.78 is 16.2. The van der Waals surface area contributed by atoms with Crippen LogP contribution in [-0.2, 0) is 17.8 Å². The van der Waals surface area contributed by atoms with Crippen molar-refractivity contribution in [2.24, 2.45) is 0 Å². The maximum Gasteiger partial charge on any atom is 0.324 e. The molecule has 0 unspecified atom stereocenters. The number of para-hydroxylation sites is 2. The highest BCUT2D eigenvalue weighted by molar-refractivity contribution is 7.17. The Morgan fingerprint density at radius 1 is 1.30 bits per heavy atom. The molecular weight excluding hydrogens is 368 g/mol. The minimum Gasteiger partial charge on any atom is -0.495 e. The molecule has 4 rings (SSSR count). The molecular formula is C18H18N4O4S. The van der Waals surface area contributed by atoms with Gasteiger partial charge in [0.1, 0.15) is 10.8 Å². The zero-order valence-corrected chi connectivity index (χ0v) is 15.7. The van der Waals surface area contributed by atoms with E-state index in [1.54, 1.807) is 26.2 Å². The van der Waals surface area contributed by atoms with Crippen molar-refractivity contribution in [3.05, 3.63) is 40.5 Å². The lowest BCUT2D eigenvalue weighted by Crippen LogP contribution is -2.19. The van der Waals surface area contributed by atoms with Crippen molar-refractivity contribution < 1.29 is 18.8 Å². The van der Waals surface area contributed by atoms with Gasteiger partial charge in [-0.1, -0.05) is 17.3 Å². The van der Waals surface area contributed by atoms with E-state index < -0.39 is 0 Å². The number of carbonyl (C=O) groups is 1. The van der Waals surface area contributed by atoms with Gasteiger partial charge in [-0.05, 0) is 31.0 Å². The summed E-state index contributed by atoms with van der Waals surface area (Å²) in [5.41, 5.74) is 2.44. The summed E-state index contributed by atoms with van der Waals surface area (Å²) in [5.74, 6) is 1.53. The second kappa shape index (κ2) is 7.37. The Morgan fingerprint density at radius 2 is 2.15 bits per heavy atom. The molecule has 3 aromatic rings. The van der Waals surface area contributed by atoms with Crippen LogP contribution in [0.5, 0.6) is 5.75 Å². The number of hydrogen-bond donors (Lipinski definition) is 2. The number of ether oxygens (including phenoxy) is 2. The molecule has 2 N–H and O–H groups in total. The van der Waals surface area contributed by atoms with E-state index in [9.17, 15) is 4.79 Å². The van der Waals surface area contributed by atoms with Crippen LogP contribution in [0.2, 0.25) is 0 Å². The quantitative estimate of drug-likeness (QED) is 0.707. The van der Waals surface area contributed by atoms with Gasteiger partial charge >= 0.3 is 6.03 Å². The van der Waals surface area contributed by atoms with E-state index in [0.29, 0.717) is 41.4 Å². The maximum absolute atomic E-state index is 12.6. The summed E-state index contributed by atoms with van der Waals surface area (Å²) >= 11 is 1.46. The zero-order chi connectivity index (χ0) is 18.8. The molecule has 0 radical (unpaired) electrons. The Hall–Kier alpha value is -2.91. The number of fused-ring (bicyclic) bond motifs is 1. The van der Waals surface area contributed by atoms with Crippen LogP contribution >= 0.6 is 11.3 Å². The van der Waals surface area contributed by atoms with E-state index in [1.807, 2.05) is 12.1 Å². The van der Waals surface area contributed by atoms with Crippen molar-refractivity contribution in [1.29, 1.82) is 0 Å². The topological polar surface area (TPSA) is 98.5 Å². The number of hydrogen-bond acceptors (Lipinski definition) is 7. The Kier molecular flexibility index (Phi) is 4.78. The lowest BCUT2D eigenvalue weighted by atomic mass is 10.1. The second-order valence-corrected chi connectivity index (χ2v) is 7.04. The van der Waals surface area contributed by atoms with Gasteiger partial charge in [0.15, 0.2) is 5.82 Å². The van der Waals surface area contributed by atoms with E-state index >= 15 is 0 Å². The lowest BCUT2D eigenvalue weighted by molar-refractivity contribution is 0.113. The molecule has 2 amide bonds. The largest absolute Gasteiger partial charge is 0.495 e. The summed E-state index contributed by atoms with van der Waals surface area (Å²) in [7, 11) is 1.56. The standard InChI is InChI=1S/C18H18N4O4S/c1-10-19-16(26-22-10)15-11-7-8-25-9-14(11)27-17(15)21-18(23)20-12-5-3-4-6-13(12)24-2/h3-6H,7-9H2,1-2H3,(H2,20,21,23). The third-order valence-electron chi connectivity index (χ3n) is 4.14. The highest BCUT2D eigenvalue weighted by Gasteiger charge is 2.26. The smallest absolute Gasteiger partial charge is 0.324 e. The summed E-state index contributed by atoms with van der Waals surface area (Å²) in [6.07, 6.45) is 0.735. The van der Waals surface area contributed by atoms with E-state index in [2.05, 4.69) is 20.8 Å². The molecule has 1 aliphatic heterocycles. The number of benzene rings is 1. The SMILES string of the molecule is COc1ccccc1NC(=O)Nc1sc2c(c1-c1nc(C)no1)CCOC2. The highest BCUT2D eigenvalue weighted by Crippen LogP contribution is 2.42. The number of anilines is 2. The number of amides is 2. The average molecular weight is 386 g/mol. The number of thiophene rings is 1. The fourth-order valence-electron chi connectivity index (χ4n) is 2.95. The number of nitrogens with zero attached hydrogens (tertiary/aromatic N) is 2. The predicted molar refractivity (Wildman–Crippen MR) is 101 cm³/mol. The van der Waals surface area contributed by atoms with Crippen LogP contribution in [0.25, 0.3) is 11.5 Å². The summed E-state index contributed by atoms with van der Waals surface area (Å²) in [5, 5.41) is 10.2. The molecule has 2 aromatic heterocycles. The average Bonchev–Trinajstić information content (AvgIpc) is 3.24. The number of rotatable bonds is 4. The van der Waals surface area contributed by atoms with Crippen molar-refractivity contribution in [3.8, 4) is 17.2 Å². The van der Waals surface area contributed by atoms with Crippen LogP contribution in [0.1, 0.15) is 16.3 Å². The molecule has 3 heterocycles. The zero-order valence-electron chi connectivity index (χ0n) is 14.9. The summed E-state index contributed by atoms with van der Waals surface area (Å²) in [4.78, 5) is 18.0. The first-order chi connectivity index (χ1) is 13.2. The van der Waals surface area contributed by atoms with Crippen LogP contribution in [0, 0.1) is 6.92 Å². The number of aromatic nitrogens is 2. The van der Waals surface area contributed by atoms with Gasteiger partial charge < -0.3 is 19.3 Å². The molecule has 9 heteroatoms. The molecule has 140 valence electrons. The van der Waals surface area contributed by atoms with E-state index in [4.69, 9.17) is 14.0 Å². The molecule has 0 spiro atoms. The molecule has 1 aliphatic rings. The normalized spacial score (nSPS) is 13.1. The second-order valence-electron chi connectivity index (χ2n) is 5.94. The van der Waals surface area contributed by atoms with E-state index in [1.165, 1.54) is 11.3 Å².